The van der Waals surface area contributed by atoms with Gasteiger partial charge in [0.05, 0.1) is 0 Å². The van der Waals surface area contributed by atoms with Crippen molar-refractivity contribution in [3.63, 3.8) is 0 Å². The lowest BCUT2D eigenvalue weighted by atomic mass is 9.98. The van der Waals surface area contributed by atoms with Gasteiger partial charge >= 0.3 is 0 Å². The van der Waals surface area contributed by atoms with E-state index >= 15 is 0 Å². The molecule has 1 fully saturated rings. The van der Waals surface area contributed by atoms with E-state index in [0.29, 0.717) is 18.9 Å². The zero-order chi connectivity index (χ0) is 10.4. The number of amides is 1. The van der Waals surface area contributed by atoms with Crippen LogP contribution in [0.1, 0.15) is 26.2 Å². The maximum absolute atomic E-state index is 11.4. The lowest BCUT2D eigenvalue weighted by molar-refractivity contribution is -0.122. The van der Waals surface area contributed by atoms with E-state index in [9.17, 15) is 4.79 Å². The molecule has 1 saturated heterocycles. The average molecular weight is 216 g/mol. The minimum atomic E-state index is 0.0564. The molecule has 0 spiro atoms. The molecule has 1 aliphatic rings. The van der Waals surface area contributed by atoms with Crippen LogP contribution in [-0.4, -0.2) is 30.0 Å². The Labute approximate surface area is 90.2 Å². The van der Waals surface area contributed by atoms with Gasteiger partial charge in [0.2, 0.25) is 5.91 Å². The van der Waals surface area contributed by atoms with Crippen LogP contribution in [0.3, 0.4) is 0 Å². The predicted octanol–water partition coefficient (Wildman–Crippen LogP) is 0.983. The van der Waals surface area contributed by atoms with Crippen molar-refractivity contribution in [1.82, 2.24) is 5.32 Å². The summed E-state index contributed by atoms with van der Waals surface area (Å²) in [6.45, 7) is 2.50. The fraction of sp³-hybridized carbons (Fsp3) is 0.900. The standard InChI is InChI=1S/C10H20N2OS/c1-8(11)7-12-10(13)6-9-2-4-14-5-3-9/h8-9H,2-7,11H2,1H3,(H,12,13). The SMILES string of the molecule is CC(N)CNC(=O)CC1CCSCC1. The van der Waals surface area contributed by atoms with Gasteiger partial charge in [0.1, 0.15) is 0 Å². The van der Waals surface area contributed by atoms with Gasteiger partial charge in [-0.3, -0.25) is 4.79 Å². The number of carbonyl (C=O) groups is 1. The van der Waals surface area contributed by atoms with E-state index in [0.717, 1.165) is 0 Å². The van der Waals surface area contributed by atoms with Crippen LogP contribution in [0.2, 0.25) is 0 Å². The first kappa shape index (κ1) is 11.9. The van der Waals surface area contributed by atoms with E-state index in [1.165, 1.54) is 24.3 Å². The first-order chi connectivity index (χ1) is 6.68. The maximum Gasteiger partial charge on any atom is 0.220 e. The number of carbonyl (C=O) groups excluding carboxylic acids is 1. The second kappa shape index (κ2) is 6.30. The topological polar surface area (TPSA) is 55.1 Å². The van der Waals surface area contributed by atoms with Crippen molar-refractivity contribution in [2.24, 2.45) is 11.7 Å². The third-order valence-electron chi connectivity index (χ3n) is 2.44. The summed E-state index contributed by atoms with van der Waals surface area (Å²) in [5, 5.41) is 2.86. The molecule has 0 aliphatic carbocycles. The summed E-state index contributed by atoms with van der Waals surface area (Å²) in [6.07, 6.45) is 3.07. The molecule has 1 heterocycles. The first-order valence-corrected chi connectivity index (χ1v) is 6.44. The summed E-state index contributed by atoms with van der Waals surface area (Å²) in [7, 11) is 0. The van der Waals surface area contributed by atoms with Crippen molar-refractivity contribution in [3.8, 4) is 0 Å². The molecule has 1 unspecified atom stereocenters. The van der Waals surface area contributed by atoms with Crippen LogP contribution in [0.4, 0.5) is 0 Å². The average Bonchev–Trinajstić information content (AvgIpc) is 2.16. The van der Waals surface area contributed by atoms with Crippen LogP contribution in [0.15, 0.2) is 0 Å². The fourth-order valence-electron chi connectivity index (χ4n) is 1.56. The zero-order valence-electron chi connectivity index (χ0n) is 8.79. The van der Waals surface area contributed by atoms with Crippen molar-refractivity contribution in [2.75, 3.05) is 18.1 Å². The highest BCUT2D eigenvalue weighted by atomic mass is 32.2. The monoisotopic (exact) mass is 216 g/mol. The van der Waals surface area contributed by atoms with Crippen LogP contribution in [-0.2, 0) is 4.79 Å². The van der Waals surface area contributed by atoms with Gasteiger partial charge in [-0.2, -0.15) is 11.8 Å². The van der Waals surface area contributed by atoms with Crippen LogP contribution < -0.4 is 11.1 Å². The van der Waals surface area contributed by atoms with Crippen molar-refractivity contribution >= 4 is 17.7 Å². The number of nitrogens with one attached hydrogen (secondary N) is 1. The number of rotatable bonds is 4. The fourth-order valence-corrected chi connectivity index (χ4v) is 2.76. The second-order valence-corrected chi connectivity index (χ2v) is 5.27. The number of nitrogens with two attached hydrogens (primary N) is 1. The quantitative estimate of drug-likeness (QED) is 0.736. The lowest BCUT2D eigenvalue weighted by Gasteiger charge is -2.20. The normalized spacial score (nSPS) is 20.4. The number of thioether (sulfide) groups is 1. The summed E-state index contributed by atoms with van der Waals surface area (Å²) >= 11 is 1.99. The van der Waals surface area contributed by atoms with Crippen molar-refractivity contribution in [3.05, 3.63) is 0 Å². The Balaban J connectivity index is 2.12. The maximum atomic E-state index is 11.4. The molecule has 1 aliphatic heterocycles. The summed E-state index contributed by atoms with van der Waals surface area (Å²) < 4.78 is 0. The number of hydrogen-bond acceptors (Lipinski definition) is 3. The molecule has 0 aromatic carbocycles. The largest absolute Gasteiger partial charge is 0.355 e. The van der Waals surface area contributed by atoms with E-state index in [4.69, 9.17) is 5.73 Å². The van der Waals surface area contributed by atoms with E-state index in [1.54, 1.807) is 0 Å². The van der Waals surface area contributed by atoms with Crippen LogP contribution >= 0.6 is 11.8 Å². The highest BCUT2D eigenvalue weighted by Crippen LogP contribution is 2.24. The van der Waals surface area contributed by atoms with Gasteiger partial charge in [-0.1, -0.05) is 0 Å². The van der Waals surface area contributed by atoms with Gasteiger partial charge in [0.25, 0.3) is 0 Å². The molecule has 0 aromatic rings. The van der Waals surface area contributed by atoms with Crippen molar-refractivity contribution in [2.45, 2.75) is 32.2 Å². The molecule has 0 aromatic heterocycles. The molecule has 3 nitrogen and oxygen atoms in total. The van der Waals surface area contributed by atoms with Crippen LogP contribution in [0.5, 0.6) is 0 Å². The molecule has 4 heteroatoms. The van der Waals surface area contributed by atoms with Crippen LogP contribution in [0, 0.1) is 5.92 Å². The first-order valence-electron chi connectivity index (χ1n) is 5.28. The van der Waals surface area contributed by atoms with Gasteiger partial charge in [-0.05, 0) is 37.2 Å². The van der Waals surface area contributed by atoms with Gasteiger partial charge in [0, 0.05) is 19.0 Å². The highest BCUT2D eigenvalue weighted by Gasteiger charge is 2.16. The summed E-state index contributed by atoms with van der Waals surface area (Å²) in [5.74, 6) is 3.19. The summed E-state index contributed by atoms with van der Waals surface area (Å²) in [4.78, 5) is 11.4. The molecular weight excluding hydrogens is 196 g/mol. The molecule has 1 rings (SSSR count). The van der Waals surface area contributed by atoms with Gasteiger partial charge in [-0.25, -0.2) is 0 Å². The van der Waals surface area contributed by atoms with E-state index in [-0.39, 0.29) is 11.9 Å². The smallest absolute Gasteiger partial charge is 0.220 e. The predicted molar refractivity (Wildman–Crippen MR) is 61.3 cm³/mol. The summed E-state index contributed by atoms with van der Waals surface area (Å²) in [6, 6.07) is 0.0564. The molecule has 0 saturated carbocycles. The molecule has 1 atom stereocenters. The van der Waals surface area contributed by atoms with Crippen LogP contribution in [0.25, 0.3) is 0 Å². The van der Waals surface area contributed by atoms with Crippen molar-refractivity contribution < 1.29 is 4.79 Å². The van der Waals surface area contributed by atoms with E-state index in [2.05, 4.69) is 5.32 Å². The third kappa shape index (κ3) is 4.86. The Hall–Kier alpha value is -0.220. The third-order valence-corrected chi connectivity index (χ3v) is 3.48. The minimum Gasteiger partial charge on any atom is -0.355 e. The minimum absolute atomic E-state index is 0.0564. The van der Waals surface area contributed by atoms with Gasteiger partial charge in [0.15, 0.2) is 0 Å². The highest BCUT2D eigenvalue weighted by molar-refractivity contribution is 7.99. The Morgan fingerprint density at radius 2 is 2.21 bits per heavy atom. The second-order valence-electron chi connectivity index (χ2n) is 4.04. The molecule has 0 radical (unpaired) electrons. The molecule has 1 amide bonds. The Kier molecular flexibility index (Phi) is 5.33. The van der Waals surface area contributed by atoms with E-state index in [1.807, 2.05) is 18.7 Å². The van der Waals surface area contributed by atoms with E-state index < -0.39 is 0 Å². The number of hydrogen-bond donors (Lipinski definition) is 2. The molecule has 82 valence electrons. The molecule has 0 bridgehead atoms. The lowest BCUT2D eigenvalue weighted by Crippen LogP contribution is -2.36. The Morgan fingerprint density at radius 3 is 2.79 bits per heavy atom. The molecule has 14 heavy (non-hydrogen) atoms. The Morgan fingerprint density at radius 1 is 1.57 bits per heavy atom. The van der Waals surface area contributed by atoms with Gasteiger partial charge in [-0.15, -0.1) is 0 Å². The van der Waals surface area contributed by atoms with Crippen molar-refractivity contribution in [1.29, 1.82) is 0 Å². The van der Waals surface area contributed by atoms with Gasteiger partial charge < -0.3 is 11.1 Å². The zero-order valence-corrected chi connectivity index (χ0v) is 9.61. The Bertz CT molecular complexity index is 179. The molecular formula is C10H20N2OS. The molecule has 3 N–H and O–H groups in total. The summed E-state index contributed by atoms with van der Waals surface area (Å²) in [5.41, 5.74) is 5.56.